The first-order valence-corrected chi connectivity index (χ1v) is 8.47. The van der Waals surface area contributed by atoms with Gasteiger partial charge in [0.1, 0.15) is 11.8 Å². The van der Waals surface area contributed by atoms with Crippen LogP contribution in [0.4, 0.5) is 0 Å². The summed E-state index contributed by atoms with van der Waals surface area (Å²) in [4.78, 5) is 4.35. The Morgan fingerprint density at radius 2 is 1.96 bits per heavy atom. The van der Waals surface area contributed by atoms with Crippen LogP contribution < -0.4 is 0 Å². The van der Waals surface area contributed by atoms with Gasteiger partial charge in [0.05, 0.1) is 16.7 Å². The number of oxazole rings is 1. The molecular weight excluding hydrogens is 314 g/mol. The van der Waals surface area contributed by atoms with Crippen LogP contribution in [-0.2, 0) is 10.0 Å². The SMILES string of the molecule is Cc1coc(-c2ccc(C)c(S(=O)(=O)N(C)C(C)(C)C#N)c2)n1. The van der Waals surface area contributed by atoms with E-state index in [0.29, 0.717) is 22.7 Å². The van der Waals surface area contributed by atoms with Gasteiger partial charge in [-0.25, -0.2) is 13.4 Å². The number of rotatable bonds is 4. The molecule has 0 atom stereocenters. The molecule has 0 aliphatic carbocycles. The van der Waals surface area contributed by atoms with E-state index < -0.39 is 15.6 Å². The van der Waals surface area contributed by atoms with Gasteiger partial charge in [-0.05, 0) is 45.4 Å². The highest BCUT2D eigenvalue weighted by molar-refractivity contribution is 7.89. The summed E-state index contributed by atoms with van der Waals surface area (Å²) < 4.78 is 32.2. The van der Waals surface area contributed by atoms with Crippen molar-refractivity contribution < 1.29 is 12.8 Å². The second kappa shape index (κ2) is 5.80. The summed E-state index contributed by atoms with van der Waals surface area (Å²) in [6.07, 6.45) is 1.51. The minimum Gasteiger partial charge on any atom is -0.444 e. The van der Waals surface area contributed by atoms with Crippen LogP contribution in [0.1, 0.15) is 25.1 Å². The van der Waals surface area contributed by atoms with Gasteiger partial charge in [0.25, 0.3) is 0 Å². The molecule has 6 nitrogen and oxygen atoms in total. The van der Waals surface area contributed by atoms with Crippen molar-refractivity contribution in [1.82, 2.24) is 9.29 Å². The minimum atomic E-state index is -3.82. The summed E-state index contributed by atoms with van der Waals surface area (Å²) >= 11 is 0. The second-order valence-corrected chi connectivity index (χ2v) is 7.86. The Kier molecular flexibility index (Phi) is 4.33. The molecule has 1 aromatic carbocycles. The lowest BCUT2D eigenvalue weighted by molar-refractivity contribution is 0.337. The fourth-order valence-corrected chi connectivity index (χ4v) is 3.70. The van der Waals surface area contributed by atoms with Crippen molar-refractivity contribution in [3.63, 3.8) is 0 Å². The van der Waals surface area contributed by atoms with Gasteiger partial charge in [0.2, 0.25) is 15.9 Å². The van der Waals surface area contributed by atoms with Gasteiger partial charge in [-0.15, -0.1) is 0 Å². The summed E-state index contributed by atoms with van der Waals surface area (Å²) in [5.41, 5.74) is 0.733. The van der Waals surface area contributed by atoms with Crippen molar-refractivity contribution in [3.8, 4) is 17.5 Å². The quantitative estimate of drug-likeness (QED) is 0.858. The maximum Gasteiger partial charge on any atom is 0.244 e. The van der Waals surface area contributed by atoms with Gasteiger partial charge >= 0.3 is 0 Å². The average molecular weight is 333 g/mol. The molecule has 0 saturated heterocycles. The zero-order valence-corrected chi connectivity index (χ0v) is 14.6. The highest BCUT2D eigenvalue weighted by Crippen LogP contribution is 2.29. The van der Waals surface area contributed by atoms with Crippen LogP contribution in [0.15, 0.2) is 33.8 Å². The van der Waals surface area contributed by atoms with Crippen LogP contribution in [-0.4, -0.2) is 30.3 Å². The number of nitriles is 1. The molecule has 0 bridgehead atoms. The predicted molar refractivity (Wildman–Crippen MR) is 86.1 cm³/mol. The fourth-order valence-electron chi connectivity index (χ4n) is 2.02. The molecule has 0 saturated carbocycles. The van der Waals surface area contributed by atoms with E-state index in [-0.39, 0.29) is 4.90 Å². The molecule has 7 heteroatoms. The summed E-state index contributed by atoms with van der Waals surface area (Å²) in [7, 11) is -2.42. The van der Waals surface area contributed by atoms with E-state index in [1.807, 2.05) is 6.07 Å². The van der Waals surface area contributed by atoms with Crippen LogP contribution in [0, 0.1) is 25.2 Å². The molecule has 0 spiro atoms. The monoisotopic (exact) mass is 333 g/mol. The Hall–Kier alpha value is -2.17. The van der Waals surface area contributed by atoms with Crippen LogP contribution in [0.5, 0.6) is 0 Å². The van der Waals surface area contributed by atoms with Crippen LogP contribution in [0.25, 0.3) is 11.5 Å². The Labute approximate surface area is 136 Å². The predicted octanol–water partition coefficient (Wildman–Crippen LogP) is 2.88. The van der Waals surface area contributed by atoms with Gasteiger partial charge in [-0.3, -0.25) is 0 Å². The first-order valence-electron chi connectivity index (χ1n) is 7.03. The van der Waals surface area contributed by atoms with Crippen LogP contribution in [0.2, 0.25) is 0 Å². The molecule has 0 aliphatic rings. The third kappa shape index (κ3) is 3.14. The molecule has 0 N–H and O–H groups in total. The van der Waals surface area contributed by atoms with Crippen LogP contribution in [0.3, 0.4) is 0 Å². The number of hydrogen-bond donors (Lipinski definition) is 0. The number of aromatic nitrogens is 1. The molecule has 23 heavy (non-hydrogen) atoms. The Morgan fingerprint density at radius 1 is 1.30 bits per heavy atom. The molecule has 0 fully saturated rings. The minimum absolute atomic E-state index is 0.136. The molecule has 1 heterocycles. The lowest BCUT2D eigenvalue weighted by Crippen LogP contribution is -2.43. The number of aryl methyl sites for hydroxylation is 2. The summed E-state index contributed by atoms with van der Waals surface area (Å²) in [5.74, 6) is 0.362. The van der Waals surface area contributed by atoms with Crippen molar-refractivity contribution in [2.45, 2.75) is 38.1 Å². The second-order valence-electron chi connectivity index (χ2n) is 5.92. The van der Waals surface area contributed by atoms with Gasteiger partial charge < -0.3 is 4.42 Å². The lowest BCUT2D eigenvalue weighted by Gasteiger charge is -2.28. The fraction of sp³-hybridized carbons (Fsp3) is 0.375. The highest BCUT2D eigenvalue weighted by atomic mass is 32.2. The average Bonchev–Trinajstić information content (AvgIpc) is 2.93. The molecule has 0 unspecified atom stereocenters. The Morgan fingerprint density at radius 3 is 2.48 bits per heavy atom. The van der Waals surface area contributed by atoms with Crippen molar-refractivity contribution in [1.29, 1.82) is 5.26 Å². The van der Waals surface area contributed by atoms with Gasteiger partial charge in [-0.1, -0.05) is 6.07 Å². The Balaban J connectivity index is 2.57. The lowest BCUT2D eigenvalue weighted by atomic mass is 10.1. The normalized spacial score (nSPS) is 12.4. The molecule has 2 rings (SSSR count). The van der Waals surface area contributed by atoms with Gasteiger partial charge in [0.15, 0.2) is 0 Å². The standard InChI is InChI=1S/C16H19N3O3S/c1-11-6-7-13(15-18-12(2)9-22-15)8-14(11)23(20,21)19(5)16(3,4)10-17/h6-9H,1-5H3. The number of sulfonamides is 1. The van der Waals surface area contributed by atoms with E-state index in [4.69, 9.17) is 4.42 Å². The number of benzene rings is 1. The van der Waals surface area contributed by atoms with E-state index in [1.165, 1.54) is 19.4 Å². The first-order chi connectivity index (χ1) is 10.6. The van der Waals surface area contributed by atoms with Crippen molar-refractivity contribution >= 4 is 10.0 Å². The van der Waals surface area contributed by atoms with Crippen molar-refractivity contribution in [2.24, 2.45) is 0 Å². The zero-order chi connectivity index (χ0) is 17.4. The largest absolute Gasteiger partial charge is 0.444 e. The van der Waals surface area contributed by atoms with Crippen molar-refractivity contribution in [3.05, 3.63) is 35.7 Å². The maximum atomic E-state index is 12.9. The summed E-state index contributed by atoms with van der Waals surface area (Å²) in [6.45, 7) is 6.62. The zero-order valence-electron chi connectivity index (χ0n) is 13.8. The third-order valence-electron chi connectivity index (χ3n) is 3.75. The van der Waals surface area contributed by atoms with Gasteiger partial charge in [-0.2, -0.15) is 9.57 Å². The van der Waals surface area contributed by atoms with E-state index in [2.05, 4.69) is 4.98 Å². The van der Waals surface area contributed by atoms with Gasteiger partial charge in [0, 0.05) is 12.6 Å². The summed E-state index contributed by atoms with van der Waals surface area (Å²) in [6, 6.07) is 6.99. The topological polar surface area (TPSA) is 87.2 Å². The maximum absolute atomic E-state index is 12.9. The molecule has 0 radical (unpaired) electrons. The Bertz CT molecular complexity index is 876. The van der Waals surface area contributed by atoms with E-state index in [0.717, 1.165) is 4.31 Å². The first kappa shape index (κ1) is 17.2. The highest BCUT2D eigenvalue weighted by Gasteiger charge is 2.35. The van der Waals surface area contributed by atoms with Crippen LogP contribution >= 0.6 is 0 Å². The smallest absolute Gasteiger partial charge is 0.244 e. The third-order valence-corrected chi connectivity index (χ3v) is 5.93. The molecule has 0 aliphatic heterocycles. The molecule has 122 valence electrons. The number of nitrogens with zero attached hydrogens (tertiary/aromatic N) is 3. The molecular formula is C16H19N3O3S. The molecule has 1 aromatic heterocycles. The van der Waals surface area contributed by atoms with E-state index >= 15 is 0 Å². The molecule has 2 aromatic rings. The number of hydrogen-bond acceptors (Lipinski definition) is 5. The molecule has 0 amide bonds. The van der Waals surface area contributed by atoms with Crippen molar-refractivity contribution in [2.75, 3.05) is 7.05 Å². The summed E-state index contributed by atoms with van der Waals surface area (Å²) in [5, 5.41) is 9.20. The van der Waals surface area contributed by atoms with E-state index in [1.54, 1.807) is 39.8 Å². The van der Waals surface area contributed by atoms with E-state index in [9.17, 15) is 13.7 Å².